The second-order valence-electron chi connectivity index (χ2n) is 5.94. The number of unbranched alkanes of at least 4 members (excludes halogenated alkanes) is 2. The van der Waals surface area contributed by atoms with E-state index in [4.69, 9.17) is 0 Å². The van der Waals surface area contributed by atoms with Gasteiger partial charge in [-0.15, -0.1) is 25.7 Å². The summed E-state index contributed by atoms with van der Waals surface area (Å²) in [6, 6.07) is 20.0. The molecule has 0 spiro atoms. The third-order valence-electron chi connectivity index (χ3n) is 3.76. The van der Waals surface area contributed by atoms with Crippen molar-refractivity contribution >= 4 is 0 Å². The normalized spacial score (nSPS) is 16.2. The average Bonchev–Trinajstić information content (AvgIpc) is 3.37. The number of rotatable bonds is 4. The molecule has 0 radical (unpaired) electrons. The van der Waals surface area contributed by atoms with Crippen molar-refractivity contribution in [2.24, 2.45) is 0 Å². The minimum Gasteiger partial charge on any atom is -0.373 e. The van der Waals surface area contributed by atoms with E-state index in [2.05, 4.69) is 26.0 Å². The number of allylic oxidation sites excluding steroid dienone is 4. The van der Waals surface area contributed by atoms with Crippen LogP contribution in [-0.4, -0.2) is 0 Å². The van der Waals surface area contributed by atoms with Crippen molar-refractivity contribution in [1.82, 2.24) is 0 Å². The summed E-state index contributed by atoms with van der Waals surface area (Å²) in [6.07, 6.45) is 16.9. The van der Waals surface area contributed by atoms with E-state index >= 15 is 0 Å². The summed E-state index contributed by atoms with van der Waals surface area (Å²) in [5.74, 6) is 0. The van der Waals surface area contributed by atoms with Crippen LogP contribution < -0.4 is 0 Å². The van der Waals surface area contributed by atoms with Crippen LogP contribution in [0.2, 0.25) is 0 Å². The second-order valence-corrected chi connectivity index (χ2v) is 5.94. The molecule has 0 amide bonds. The molecule has 2 aromatic rings. The van der Waals surface area contributed by atoms with E-state index in [0.29, 0.717) is 0 Å². The van der Waals surface area contributed by atoms with Gasteiger partial charge in [0.25, 0.3) is 0 Å². The first-order valence-electron chi connectivity index (χ1n) is 9.41. The summed E-state index contributed by atoms with van der Waals surface area (Å²) in [6.45, 7) is 4.44. The molecule has 0 nitrogen and oxygen atoms in total. The molecule has 0 aliphatic heterocycles. The first-order valence-corrected chi connectivity index (χ1v) is 9.41. The van der Waals surface area contributed by atoms with Crippen molar-refractivity contribution < 1.29 is 26.2 Å². The zero-order valence-electron chi connectivity index (χ0n) is 15.9. The monoisotopic (exact) mass is 410 g/mol. The third kappa shape index (κ3) is 13.0. The third-order valence-corrected chi connectivity index (χ3v) is 3.76. The minimum absolute atomic E-state index is 0. The second kappa shape index (κ2) is 17.9. The van der Waals surface area contributed by atoms with Gasteiger partial charge in [-0.25, -0.2) is 24.3 Å². The van der Waals surface area contributed by atoms with E-state index in [1.54, 1.807) is 0 Å². The van der Waals surface area contributed by atoms with Crippen molar-refractivity contribution in [2.75, 3.05) is 0 Å². The van der Waals surface area contributed by atoms with Gasteiger partial charge in [-0.2, -0.15) is 36.4 Å². The van der Waals surface area contributed by atoms with E-state index in [-0.39, 0.29) is 26.2 Å². The maximum Gasteiger partial charge on any atom is 4.00 e. The zero-order chi connectivity index (χ0) is 17.3. The Kier molecular flexibility index (Phi) is 17.2. The summed E-state index contributed by atoms with van der Waals surface area (Å²) in [5.41, 5.74) is 2.96. The van der Waals surface area contributed by atoms with Crippen molar-refractivity contribution in [3.8, 4) is 0 Å². The topological polar surface area (TPSA) is 0 Å². The fraction of sp³-hybridized carbons (Fsp3) is 0.417. The van der Waals surface area contributed by atoms with Crippen molar-refractivity contribution in [1.29, 1.82) is 0 Å². The van der Waals surface area contributed by atoms with Gasteiger partial charge in [0.15, 0.2) is 0 Å². The fourth-order valence-corrected chi connectivity index (χ4v) is 2.49. The molecule has 0 heterocycles. The van der Waals surface area contributed by atoms with E-state index in [1.807, 2.05) is 60.7 Å². The summed E-state index contributed by atoms with van der Waals surface area (Å²) < 4.78 is 0. The van der Waals surface area contributed by atoms with Gasteiger partial charge >= 0.3 is 26.2 Å². The van der Waals surface area contributed by atoms with Crippen LogP contribution >= 0.6 is 0 Å². The van der Waals surface area contributed by atoms with Crippen molar-refractivity contribution in [3.63, 3.8) is 0 Å². The van der Waals surface area contributed by atoms with Gasteiger partial charge in [0, 0.05) is 0 Å². The summed E-state index contributed by atoms with van der Waals surface area (Å²) >= 11 is 0. The zero-order valence-corrected chi connectivity index (χ0v) is 18.4. The van der Waals surface area contributed by atoms with Crippen molar-refractivity contribution in [3.05, 3.63) is 84.0 Å². The summed E-state index contributed by atoms with van der Waals surface area (Å²) in [7, 11) is 0. The molecule has 25 heavy (non-hydrogen) atoms. The van der Waals surface area contributed by atoms with Gasteiger partial charge in [-0.05, 0) is 0 Å². The molecule has 1 heteroatoms. The Hall–Kier alpha value is -0.937. The molecule has 2 aromatic carbocycles. The van der Waals surface area contributed by atoms with Crippen LogP contribution in [0, 0.1) is 12.2 Å². The molecule has 132 valence electrons. The quantitative estimate of drug-likeness (QED) is 0.459. The standard InChI is InChI=1S/C14H22.2C5H5.Zr/c1-3-5-9-13-11-7-8-12-14(13)10-6-4-2;2*1-2-4-5-3-1;/h3-8,11-12H2,1-2H3;2*1-5H;/q-2;2*-1;+4. The van der Waals surface area contributed by atoms with Crippen LogP contribution in [0.25, 0.3) is 0 Å². The molecule has 0 N–H and O–H groups in total. The van der Waals surface area contributed by atoms with Gasteiger partial charge in [-0.3, -0.25) is 0 Å². The Morgan fingerprint density at radius 3 is 1.32 bits per heavy atom. The molecular weight excluding hydrogens is 379 g/mol. The Morgan fingerprint density at radius 2 is 1.08 bits per heavy atom. The molecular formula is C24H32Zr. The van der Waals surface area contributed by atoms with E-state index in [9.17, 15) is 0 Å². The Balaban J connectivity index is 0.000000425. The Morgan fingerprint density at radius 1 is 0.720 bits per heavy atom. The largest absolute Gasteiger partial charge is 4.00 e. The smallest absolute Gasteiger partial charge is 0.373 e. The SMILES string of the molecule is CCC[C-]=C1CCCCC1=[C-]CCC.[Zr+4].c1cc[cH-]c1.c1cc[cH-]c1. The summed E-state index contributed by atoms with van der Waals surface area (Å²) in [5, 5.41) is 0. The number of hydrogen-bond donors (Lipinski definition) is 0. The number of hydrogen-bond acceptors (Lipinski definition) is 0. The van der Waals surface area contributed by atoms with Crippen molar-refractivity contribution in [2.45, 2.75) is 65.2 Å². The maximum atomic E-state index is 3.55. The van der Waals surface area contributed by atoms with Crippen LogP contribution in [0.4, 0.5) is 0 Å². The molecule has 0 atom stereocenters. The van der Waals surface area contributed by atoms with Gasteiger partial charge < -0.3 is 23.3 Å². The molecule has 3 rings (SSSR count). The van der Waals surface area contributed by atoms with Crippen LogP contribution in [-0.2, 0) is 26.2 Å². The predicted molar refractivity (Wildman–Crippen MR) is 106 cm³/mol. The van der Waals surface area contributed by atoms with E-state index in [1.165, 1.54) is 49.7 Å². The molecule has 1 aliphatic carbocycles. The van der Waals surface area contributed by atoms with Crippen LogP contribution in [0.5, 0.6) is 0 Å². The first kappa shape index (κ1) is 24.1. The molecule has 1 aliphatic rings. The molecule has 0 aromatic heterocycles. The van der Waals surface area contributed by atoms with Gasteiger partial charge in [0.05, 0.1) is 0 Å². The van der Waals surface area contributed by atoms with Crippen LogP contribution in [0.15, 0.2) is 71.8 Å². The molecule has 0 bridgehead atoms. The fourth-order valence-electron chi connectivity index (χ4n) is 2.49. The molecule has 1 fully saturated rings. The van der Waals surface area contributed by atoms with E-state index in [0.717, 1.165) is 12.8 Å². The first-order chi connectivity index (χ1) is 11.9. The van der Waals surface area contributed by atoms with Gasteiger partial charge in [0.2, 0.25) is 0 Å². The average molecular weight is 412 g/mol. The summed E-state index contributed by atoms with van der Waals surface area (Å²) in [4.78, 5) is 0. The van der Waals surface area contributed by atoms with Gasteiger partial charge in [-0.1, -0.05) is 39.5 Å². The minimum atomic E-state index is 0. The van der Waals surface area contributed by atoms with E-state index < -0.39 is 0 Å². The van der Waals surface area contributed by atoms with Crippen LogP contribution in [0.1, 0.15) is 65.2 Å². The van der Waals surface area contributed by atoms with Gasteiger partial charge in [0.1, 0.15) is 0 Å². The van der Waals surface area contributed by atoms with Crippen LogP contribution in [0.3, 0.4) is 0 Å². The Bertz CT molecular complexity index is 430. The predicted octanol–water partition coefficient (Wildman–Crippen LogP) is 7.43. The molecule has 0 saturated heterocycles. The Labute approximate surface area is 174 Å². The maximum absolute atomic E-state index is 3.55. The molecule has 1 saturated carbocycles. The molecule has 0 unspecified atom stereocenters.